The van der Waals surface area contributed by atoms with Crippen LogP contribution in [0.4, 0.5) is 0 Å². The van der Waals surface area contributed by atoms with Gasteiger partial charge >= 0.3 is 0 Å². The predicted octanol–water partition coefficient (Wildman–Crippen LogP) is 3.94. The summed E-state index contributed by atoms with van der Waals surface area (Å²) in [5, 5.41) is 3.44. The summed E-state index contributed by atoms with van der Waals surface area (Å²) in [4.78, 5) is 0. The molecular weight excluding hydrogens is 282 g/mol. The Morgan fingerprint density at radius 1 is 0.913 bits per heavy atom. The number of hydrogen-bond acceptors (Lipinski definition) is 2. The lowest BCUT2D eigenvalue weighted by atomic mass is 9.74. The van der Waals surface area contributed by atoms with Crippen LogP contribution in [0.2, 0.25) is 0 Å². The van der Waals surface area contributed by atoms with E-state index >= 15 is 0 Å². The molecule has 2 aromatic rings. The van der Waals surface area contributed by atoms with Crippen molar-refractivity contribution >= 4 is 0 Å². The molecule has 1 aliphatic carbocycles. The first kappa shape index (κ1) is 16.2. The average Bonchev–Trinajstić information content (AvgIpc) is 2.86. The lowest BCUT2D eigenvalue weighted by Crippen LogP contribution is -2.41. The molecule has 0 atom stereocenters. The van der Waals surface area contributed by atoms with E-state index in [1.165, 1.54) is 33.4 Å². The van der Waals surface area contributed by atoms with Crippen LogP contribution in [-0.2, 0) is 23.0 Å². The van der Waals surface area contributed by atoms with Crippen molar-refractivity contribution in [3.63, 3.8) is 0 Å². The molecular formula is C21H27NO. The molecule has 0 bridgehead atoms. The van der Waals surface area contributed by atoms with E-state index < -0.39 is 0 Å². The second-order valence-electron chi connectivity index (χ2n) is 6.43. The van der Waals surface area contributed by atoms with Crippen LogP contribution in [0.15, 0.2) is 36.4 Å². The maximum absolute atomic E-state index is 5.75. The van der Waals surface area contributed by atoms with Crippen LogP contribution in [0.5, 0.6) is 0 Å². The molecule has 0 heterocycles. The summed E-state index contributed by atoms with van der Waals surface area (Å²) in [5.41, 5.74) is 8.50. The van der Waals surface area contributed by atoms with Crippen molar-refractivity contribution in [2.24, 2.45) is 0 Å². The number of hydrogen-bond donors (Lipinski definition) is 1. The Labute approximate surface area is 139 Å². The van der Waals surface area contributed by atoms with Crippen LogP contribution < -0.4 is 5.32 Å². The zero-order chi connectivity index (χ0) is 16.4. The van der Waals surface area contributed by atoms with Crippen LogP contribution in [-0.4, -0.2) is 27.3 Å². The first-order valence-electron chi connectivity index (χ1n) is 8.62. The summed E-state index contributed by atoms with van der Waals surface area (Å²) in [7, 11) is 3.86. The fraction of sp³-hybridized carbons (Fsp3) is 0.429. The standard InChI is InChI=1S/C21H27NO/c1-5-15-9-7-11-17-18-12-8-10-16(6-2)20(18)21(13-22-3,14-23-4)19(15)17/h7-12,22H,5-6,13-14H2,1-4H3. The van der Waals surface area contributed by atoms with Gasteiger partial charge in [0.05, 0.1) is 12.0 Å². The van der Waals surface area contributed by atoms with Crippen LogP contribution in [0, 0.1) is 0 Å². The molecule has 2 aromatic carbocycles. The quantitative estimate of drug-likeness (QED) is 0.872. The Balaban J connectivity index is 2.39. The molecule has 1 N–H and O–H groups in total. The van der Waals surface area contributed by atoms with Crippen molar-refractivity contribution < 1.29 is 4.74 Å². The van der Waals surface area contributed by atoms with Gasteiger partial charge in [0, 0.05) is 13.7 Å². The minimum atomic E-state index is -0.0899. The Hall–Kier alpha value is -1.64. The maximum atomic E-state index is 5.75. The number of fused-ring (bicyclic) bond motifs is 3. The third-order valence-corrected chi connectivity index (χ3v) is 5.18. The largest absolute Gasteiger partial charge is 0.383 e. The van der Waals surface area contributed by atoms with Crippen molar-refractivity contribution in [3.05, 3.63) is 58.7 Å². The van der Waals surface area contributed by atoms with Gasteiger partial charge in [-0.3, -0.25) is 0 Å². The Kier molecular flexibility index (Phi) is 4.56. The number of ether oxygens (including phenoxy) is 1. The van der Waals surface area contributed by atoms with Crippen LogP contribution in [0.3, 0.4) is 0 Å². The molecule has 2 nitrogen and oxygen atoms in total. The van der Waals surface area contributed by atoms with E-state index in [9.17, 15) is 0 Å². The summed E-state index contributed by atoms with van der Waals surface area (Å²) in [6.45, 7) is 6.10. The molecule has 0 aliphatic heterocycles. The number of benzene rings is 2. The van der Waals surface area contributed by atoms with Gasteiger partial charge in [0.1, 0.15) is 0 Å². The molecule has 0 aromatic heterocycles. The second-order valence-corrected chi connectivity index (χ2v) is 6.43. The van der Waals surface area contributed by atoms with Gasteiger partial charge in [0.15, 0.2) is 0 Å². The molecule has 23 heavy (non-hydrogen) atoms. The van der Waals surface area contributed by atoms with Gasteiger partial charge in [-0.25, -0.2) is 0 Å². The van der Waals surface area contributed by atoms with Crippen molar-refractivity contribution in [2.75, 3.05) is 27.3 Å². The molecule has 0 unspecified atom stereocenters. The zero-order valence-corrected chi connectivity index (χ0v) is 14.7. The second kappa shape index (κ2) is 6.46. The van der Waals surface area contributed by atoms with Gasteiger partial charge in [0.2, 0.25) is 0 Å². The van der Waals surface area contributed by atoms with Gasteiger partial charge < -0.3 is 10.1 Å². The minimum Gasteiger partial charge on any atom is -0.383 e. The smallest absolute Gasteiger partial charge is 0.0612 e. The number of aryl methyl sites for hydroxylation is 2. The summed E-state index contributed by atoms with van der Waals surface area (Å²) in [6, 6.07) is 13.5. The zero-order valence-electron chi connectivity index (χ0n) is 14.7. The fourth-order valence-corrected chi connectivity index (χ4v) is 4.41. The molecule has 0 saturated carbocycles. The normalized spacial score (nSPS) is 14.6. The minimum absolute atomic E-state index is 0.0899. The number of methoxy groups -OCH3 is 1. The molecule has 0 fully saturated rings. The van der Waals surface area contributed by atoms with E-state index in [1.54, 1.807) is 0 Å². The predicted molar refractivity (Wildman–Crippen MR) is 97.2 cm³/mol. The third-order valence-electron chi connectivity index (χ3n) is 5.18. The maximum Gasteiger partial charge on any atom is 0.0612 e. The highest BCUT2D eigenvalue weighted by Crippen LogP contribution is 2.51. The van der Waals surface area contributed by atoms with Gasteiger partial charge in [0.25, 0.3) is 0 Å². The molecule has 0 amide bonds. The van der Waals surface area contributed by atoms with Crippen LogP contribution in [0.1, 0.15) is 36.1 Å². The van der Waals surface area contributed by atoms with E-state index in [1.807, 2.05) is 14.2 Å². The monoisotopic (exact) mass is 309 g/mol. The SMILES string of the molecule is CCc1cccc2c1C(CNC)(COC)c1c(CC)cccc1-2. The lowest BCUT2D eigenvalue weighted by Gasteiger charge is -2.34. The topological polar surface area (TPSA) is 21.3 Å². The highest BCUT2D eigenvalue weighted by molar-refractivity contribution is 5.84. The van der Waals surface area contributed by atoms with Gasteiger partial charge in [-0.1, -0.05) is 50.2 Å². The van der Waals surface area contributed by atoms with Crippen LogP contribution in [0.25, 0.3) is 11.1 Å². The Morgan fingerprint density at radius 2 is 1.43 bits per heavy atom. The summed E-state index contributed by atoms with van der Waals surface area (Å²) >= 11 is 0. The molecule has 0 saturated heterocycles. The van der Waals surface area contributed by atoms with Gasteiger partial charge in [-0.2, -0.15) is 0 Å². The first-order valence-corrected chi connectivity index (χ1v) is 8.62. The van der Waals surface area contributed by atoms with Crippen LogP contribution >= 0.6 is 0 Å². The Morgan fingerprint density at radius 3 is 1.83 bits per heavy atom. The highest BCUT2D eigenvalue weighted by atomic mass is 16.5. The Bertz CT molecular complexity index is 643. The van der Waals surface area contributed by atoms with Crippen molar-refractivity contribution in [1.82, 2.24) is 5.32 Å². The van der Waals surface area contributed by atoms with Gasteiger partial charge in [-0.05, 0) is 53.3 Å². The molecule has 1 aliphatic rings. The number of rotatable bonds is 6. The number of nitrogens with one attached hydrogen (secondary N) is 1. The number of likely N-dealkylation sites (N-methyl/N-ethyl adjacent to an activating group) is 1. The van der Waals surface area contributed by atoms with Gasteiger partial charge in [-0.15, -0.1) is 0 Å². The summed E-state index contributed by atoms with van der Waals surface area (Å²) < 4.78 is 5.75. The lowest BCUT2D eigenvalue weighted by molar-refractivity contribution is 0.148. The van der Waals surface area contributed by atoms with E-state index in [4.69, 9.17) is 4.74 Å². The summed E-state index contributed by atoms with van der Waals surface area (Å²) in [5.74, 6) is 0. The summed E-state index contributed by atoms with van der Waals surface area (Å²) in [6.07, 6.45) is 2.10. The van der Waals surface area contributed by atoms with Crippen molar-refractivity contribution in [2.45, 2.75) is 32.1 Å². The van der Waals surface area contributed by atoms with Crippen molar-refractivity contribution in [3.8, 4) is 11.1 Å². The fourth-order valence-electron chi connectivity index (χ4n) is 4.41. The molecule has 0 spiro atoms. The average molecular weight is 309 g/mol. The van der Waals surface area contributed by atoms with E-state index in [2.05, 4.69) is 55.6 Å². The van der Waals surface area contributed by atoms with E-state index in [0.717, 1.165) is 19.4 Å². The molecule has 122 valence electrons. The third kappa shape index (κ3) is 2.32. The first-order chi connectivity index (χ1) is 11.2. The highest BCUT2D eigenvalue weighted by Gasteiger charge is 2.45. The van der Waals surface area contributed by atoms with Crippen molar-refractivity contribution in [1.29, 1.82) is 0 Å². The van der Waals surface area contributed by atoms with E-state index in [-0.39, 0.29) is 5.41 Å². The molecule has 2 heteroatoms. The molecule has 0 radical (unpaired) electrons. The van der Waals surface area contributed by atoms with E-state index in [0.29, 0.717) is 6.61 Å². The molecule has 3 rings (SSSR count).